The second-order valence-electron chi connectivity index (χ2n) is 5.61. The van der Waals surface area contributed by atoms with Gasteiger partial charge in [-0.1, -0.05) is 36.2 Å². The van der Waals surface area contributed by atoms with E-state index in [4.69, 9.17) is 5.26 Å². The minimum absolute atomic E-state index is 0.0496. The Balaban J connectivity index is 2.19. The van der Waals surface area contributed by atoms with Crippen molar-refractivity contribution in [2.75, 3.05) is 12.3 Å². The number of benzene rings is 1. The molecule has 1 aliphatic heterocycles. The van der Waals surface area contributed by atoms with Gasteiger partial charge in [-0.25, -0.2) is 8.42 Å². The molecule has 0 aromatic heterocycles. The first-order valence-corrected chi connectivity index (χ1v) is 9.08. The highest BCUT2D eigenvalue weighted by molar-refractivity contribution is 7.89. The fourth-order valence-electron chi connectivity index (χ4n) is 2.81. The largest absolute Gasteiger partial charge is 0.214 e. The molecule has 0 saturated carbocycles. The lowest BCUT2D eigenvalue weighted by atomic mass is 9.97. The van der Waals surface area contributed by atoms with Crippen molar-refractivity contribution in [3.05, 3.63) is 35.4 Å². The maximum absolute atomic E-state index is 12.5. The SMILES string of the molecule is Cc1ccc([C@H]2CCCCN2S(=O)(=O)CCCC#N)cc1. The Morgan fingerprint density at radius 3 is 2.67 bits per heavy atom. The number of nitrogens with zero attached hydrogens (tertiary/aromatic N) is 2. The van der Waals surface area contributed by atoms with Crippen molar-refractivity contribution >= 4 is 10.0 Å². The molecule has 1 saturated heterocycles. The Bertz CT molecular complexity index is 602. The maximum Gasteiger partial charge on any atom is 0.214 e. The highest BCUT2D eigenvalue weighted by Gasteiger charge is 2.32. The molecular weight excluding hydrogens is 284 g/mol. The highest BCUT2D eigenvalue weighted by Crippen LogP contribution is 2.33. The molecule has 1 fully saturated rings. The van der Waals surface area contributed by atoms with E-state index in [9.17, 15) is 8.42 Å². The number of piperidine rings is 1. The Hall–Kier alpha value is -1.38. The number of aryl methyl sites for hydroxylation is 1. The van der Waals surface area contributed by atoms with Gasteiger partial charge in [0.05, 0.1) is 11.8 Å². The maximum atomic E-state index is 12.5. The standard InChI is InChI=1S/C16H22N2O2S/c1-14-7-9-15(10-8-14)16-6-2-4-12-18(16)21(19,20)13-5-3-11-17/h7-10,16H,2-6,12-13H2,1H3/t16-/m1/s1. The third-order valence-corrected chi connectivity index (χ3v) is 5.92. The number of rotatable bonds is 5. The minimum atomic E-state index is -3.28. The smallest absolute Gasteiger partial charge is 0.212 e. The quantitative estimate of drug-likeness (QED) is 0.785. The second-order valence-corrected chi connectivity index (χ2v) is 7.65. The molecule has 1 aromatic rings. The van der Waals surface area contributed by atoms with Crippen molar-refractivity contribution in [1.82, 2.24) is 4.31 Å². The van der Waals surface area contributed by atoms with E-state index in [1.165, 1.54) is 5.56 Å². The molecule has 0 bridgehead atoms. The molecule has 0 amide bonds. The molecule has 1 aliphatic rings. The first-order valence-electron chi connectivity index (χ1n) is 7.47. The molecule has 0 spiro atoms. The molecule has 114 valence electrons. The predicted molar refractivity (Wildman–Crippen MR) is 83.1 cm³/mol. The van der Waals surface area contributed by atoms with E-state index in [0.717, 1.165) is 24.8 Å². The molecule has 0 aliphatic carbocycles. The molecule has 21 heavy (non-hydrogen) atoms. The van der Waals surface area contributed by atoms with E-state index in [1.807, 2.05) is 37.3 Å². The lowest BCUT2D eigenvalue weighted by molar-refractivity contribution is 0.256. The average molecular weight is 306 g/mol. The van der Waals surface area contributed by atoms with Crippen LogP contribution in [0.1, 0.15) is 49.3 Å². The zero-order valence-electron chi connectivity index (χ0n) is 12.5. The lowest BCUT2D eigenvalue weighted by Gasteiger charge is -2.35. The van der Waals surface area contributed by atoms with Crippen LogP contribution in [-0.2, 0) is 10.0 Å². The lowest BCUT2D eigenvalue weighted by Crippen LogP contribution is -2.39. The molecule has 0 radical (unpaired) electrons. The van der Waals surface area contributed by atoms with Crippen LogP contribution in [-0.4, -0.2) is 25.0 Å². The topological polar surface area (TPSA) is 61.2 Å². The van der Waals surface area contributed by atoms with E-state index >= 15 is 0 Å². The first kappa shape index (κ1) is 16.0. The van der Waals surface area contributed by atoms with Crippen LogP contribution in [0.5, 0.6) is 0 Å². The molecule has 5 heteroatoms. The summed E-state index contributed by atoms with van der Waals surface area (Å²) in [5.41, 5.74) is 2.25. The summed E-state index contributed by atoms with van der Waals surface area (Å²) >= 11 is 0. The summed E-state index contributed by atoms with van der Waals surface area (Å²) in [5.74, 6) is 0.0723. The third kappa shape index (κ3) is 4.05. The van der Waals surface area contributed by atoms with Gasteiger partial charge in [0.15, 0.2) is 0 Å². The molecule has 1 heterocycles. The van der Waals surface area contributed by atoms with Gasteiger partial charge in [-0.15, -0.1) is 0 Å². The number of sulfonamides is 1. The summed E-state index contributed by atoms with van der Waals surface area (Å²) in [6.07, 6.45) is 3.56. The summed E-state index contributed by atoms with van der Waals surface area (Å²) in [4.78, 5) is 0. The van der Waals surface area contributed by atoms with Gasteiger partial charge in [-0.2, -0.15) is 9.57 Å². The van der Waals surface area contributed by atoms with Crippen molar-refractivity contribution in [2.24, 2.45) is 0 Å². The Kier molecular flexibility index (Phi) is 5.38. The Morgan fingerprint density at radius 2 is 2.00 bits per heavy atom. The van der Waals surface area contributed by atoms with E-state index in [2.05, 4.69) is 0 Å². The molecular formula is C16H22N2O2S. The van der Waals surface area contributed by atoms with Crippen molar-refractivity contribution in [2.45, 2.75) is 45.1 Å². The van der Waals surface area contributed by atoms with Gasteiger partial charge in [-0.3, -0.25) is 0 Å². The van der Waals surface area contributed by atoms with Gasteiger partial charge in [0.2, 0.25) is 10.0 Å². The first-order chi connectivity index (χ1) is 10.0. The van der Waals surface area contributed by atoms with Gasteiger partial charge < -0.3 is 0 Å². The summed E-state index contributed by atoms with van der Waals surface area (Å²) in [5, 5.41) is 8.57. The van der Waals surface area contributed by atoms with Gasteiger partial charge in [0, 0.05) is 19.0 Å². The second kappa shape index (κ2) is 7.06. The van der Waals surface area contributed by atoms with Gasteiger partial charge >= 0.3 is 0 Å². The van der Waals surface area contributed by atoms with E-state index < -0.39 is 10.0 Å². The molecule has 4 nitrogen and oxygen atoms in total. The van der Waals surface area contributed by atoms with Gasteiger partial charge in [0.1, 0.15) is 0 Å². The van der Waals surface area contributed by atoms with Crippen LogP contribution in [0.2, 0.25) is 0 Å². The zero-order valence-corrected chi connectivity index (χ0v) is 13.3. The Labute approximate surface area is 127 Å². The third-order valence-electron chi connectivity index (χ3n) is 3.96. The van der Waals surface area contributed by atoms with Crippen LogP contribution in [0.15, 0.2) is 24.3 Å². The normalized spacial score (nSPS) is 20.1. The van der Waals surface area contributed by atoms with E-state index in [-0.39, 0.29) is 11.8 Å². The molecule has 0 unspecified atom stereocenters. The molecule has 0 N–H and O–H groups in total. The fourth-order valence-corrected chi connectivity index (χ4v) is 4.58. The fraction of sp³-hybridized carbons (Fsp3) is 0.562. The van der Waals surface area contributed by atoms with E-state index in [1.54, 1.807) is 4.31 Å². The van der Waals surface area contributed by atoms with Crippen LogP contribution in [0.25, 0.3) is 0 Å². The Morgan fingerprint density at radius 1 is 1.29 bits per heavy atom. The van der Waals surface area contributed by atoms with Gasteiger partial charge in [-0.05, 0) is 31.7 Å². The summed E-state index contributed by atoms with van der Waals surface area (Å²) in [7, 11) is -3.28. The molecule has 2 rings (SSSR count). The van der Waals surface area contributed by atoms with Crippen LogP contribution in [0.4, 0.5) is 0 Å². The molecule has 1 aromatic carbocycles. The van der Waals surface area contributed by atoms with Crippen molar-refractivity contribution in [3.63, 3.8) is 0 Å². The number of nitriles is 1. The van der Waals surface area contributed by atoms with Crippen molar-refractivity contribution in [1.29, 1.82) is 5.26 Å². The zero-order chi connectivity index (χ0) is 15.3. The van der Waals surface area contributed by atoms with Gasteiger partial charge in [0.25, 0.3) is 0 Å². The van der Waals surface area contributed by atoms with Crippen molar-refractivity contribution in [3.8, 4) is 6.07 Å². The van der Waals surface area contributed by atoms with Crippen LogP contribution in [0, 0.1) is 18.3 Å². The number of unbranched alkanes of at least 4 members (excludes halogenated alkanes) is 1. The van der Waals surface area contributed by atoms with Crippen molar-refractivity contribution < 1.29 is 8.42 Å². The van der Waals surface area contributed by atoms with Crippen LogP contribution in [0.3, 0.4) is 0 Å². The number of hydrogen-bond acceptors (Lipinski definition) is 3. The monoisotopic (exact) mass is 306 g/mol. The summed E-state index contributed by atoms with van der Waals surface area (Å²) < 4.78 is 26.7. The summed E-state index contributed by atoms with van der Waals surface area (Å²) in [6, 6.07) is 10.1. The average Bonchev–Trinajstić information content (AvgIpc) is 2.48. The minimum Gasteiger partial charge on any atom is -0.212 e. The highest BCUT2D eigenvalue weighted by atomic mass is 32.2. The summed E-state index contributed by atoms with van der Waals surface area (Å²) in [6.45, 7) is 2.62. The van der Waals surface area contributed by atoms with Crippen LogP contribution >= 0.6 is 0 Å². The number of hydrogen-bond donors (Lipinski definition) is 0. The molecule has 1 atom stereocenters. The van der Waals surface area contributed by atoms with E-state index in [0.29, 0.717) is 19.4 Å². The predicted octanol–water partition coefficient (Wildman–Crippen LogP) is 3.16. The van der Waals surface area contributed by atoms with Crippen LogP contribution < -0.4 is 0 Å².